The van der Waals surface area contributed by atoms with Crippen molar-refractivity contribution in [3.8, 4) is 5.75 Å². The van der Waals surface area contributed by atoms with E-state index in [0.29, 0.717) is 5.75 Å². The van der Waals surface area contributed by atoms with E-state index in [9.17, 15) is 5.11 Å². The van der Waals surface area contributed by atoms with Crippen molar-refractivity contribution in [2.24, 2.45) is 0 Å². The quantitative estimate of drug-likeness (QED) is 0.560. The molecule has 0 aliphatic carbocycles. The Hall–Kier alpha value is -2.42. The van der Waals surface area contributed by atoms with Gasteiger partial charge in [-0.05, 0) is 42.3 Å². The monoisotopic (exact) mass is 242 g/mol. The van der Waals surface area contributed by atoms with Crippen LogP contribution >= 0.6 is 0 Å². The van der Waals surface area contributed by atoms with E-state index in [1.54, 1.807) is 36.4 Å². The fraction of sp³-hybridized carbons (Fsp3) is 0.0667. The Morgan fingerprint density at radius 2 is 1.44 bits per heavy atom. The fourth-order valence-corrected chi connectivity index (χ4v) is 1.33. The lowest BCUT2D eigenvalue weighted by molar-refractivity contribution is 0.470. The maximum atomic E-state index is 9.19. The van der Waals surface area contributed by atoms with Gasteiger partial charge in [0.15, 0.2) is 0 Å². The number of anilines is 2. The SMILES string of the molecule is C=CCc1ccccc1O.Nc1ccc(N)cc1. The minimum atomic E-state index is 0.349. The second-order valence-electron chi connectivity index (χ2n) is 3.79. The Kier molecular flexibility index (Phi) is 5.32. The molecule has 94 valence electrons. The van der Waals surface area contributed by atoms with Crippen molar-refractivity contribution in [1.29, 1.82) is 0 Å². The summed E-state index contributed by atoms with van der Waals surface area (Å²) >= 11 is 0. The highest BCUT2D eigenvalue weighted by Gasteiger charge is 1.93. The van der Waals surface area contributed by atoms with E-state index in [2.05, 4.69) is 6.58 Å². The van der Waals surface area contributed by atoms with Crippen molar-refractivity contribution in [2.75, 3.05) is 11.5 Å². The average Bonchev–Trinajstić information content (AvgIpc) is 2.37. The first-order valence-electron chi connectivity index (χ1n) is 5.62. The molecule has 3 heteroatoms. The Morgan fingerprint density at radius 3 is 1.89 bits per heavy atom. The Bertz CT molecular complexity index is 471. The van der Waals surface area contributed by atoms with Gasteiger partial charge in [-0.2, -0.15) is 0 Å². The van der Waals surface area contributed by atoms with Crippen molar-refractivity contribution in [1.82, 2.24) is 0 Å². The number of para-hydroxylation sites is 1. The Morgan fingerprint density at radius 1 is 0.944 bits per heavy atom. The van der Waals surface area contributed by atoms with Crippen LogP contribution in [0.3, 0.4) is 0 Å². The number of phenolic OH excluding ortho intramolecular Hbond substituents is 1. The molecule has 0 spiro atoms. The lowest BCUT2D eigenvalue weighted by Crippen LogP contribution is -1.86. The molecule has 0 aliphatic rings. The van der Waals surface area contributed by atoms with Crippen molar-refractivity contribution < 1.29 is 5.11 Å². The summed E-state index contributed by atoms with van der Waals surface area (Å²) in [6, 6.07) is 14.4. The van der Waals surface area contributed by atoms with Crippen LogP contribution < -0.4 is 11.5 Å². The second kappa shape index (κ2) is 7.01. The summed E-state index contributed by atoms with van der Waals surface area (Å²) in [5.74, 6) is 0.349. The zero-order valence-electron chi connectivity index (χ0n) is 10.2. The van der Waals surface area contributed by atoms with Crippen LogP contribution in [0.25, 0.3) is 0 Å². The third kappa shape index (κ3) is 4.61. The van der Waals surface area contributed by atoms with E-state index in [-0.39, 0.29) is 0 Å². The molecule has 2 rings (SSSR count). The summed E-state index contributed by atoms with van der Waals surface area (Å²) in [6.45, 7) is 3.59. The van der Waals surface area contributed by atoms with Crippen LogP contribution in [0.1, 0.15) is 5.56 Å². The molecular formula is C15H18N2O. The molecule has 18 heavy (non-hydrogen) atoms. The normalized spacial score (nSPS) is 9.11. The molecule has 2 aromatic rings. The molecule has 0 radical (unpaired) electrons. The molecule has 0 amide bonds. The van der Waals surface area contributed by atoms with Gasteiger partial charge in [0.2, 0.25) is 0 Å². The van der Waals surface area contributed by atoms with Gasteiger partial charge in [0.25, 0.3) is 0 Å². The van der Waals surface area contributed by atoms with Crippen molar-refractivity contribution in [3.63, 3.8) is 0 Å². The summed E-state index contributed by atoms with van der Waals surface area (Å²) in [6.07, 6.45) is 2.50. The van der Waals surface area contributed by atoms with Crippen LogP contribution in [-0.2, 0) is 6.42 Å². The highest BCUT2D eigenvalue weighted by molar-refractivity contribution is 5.47. The van der Waals surface area contributed by atoms with Gasteiger partial charge in [-0.15, -0.1) is 6.58 Å². The summed E-state index contributed by atoms with van der Waals surface area (Å²) < 4.78 is 0. The molecule has 0 saturated carbocycles. The number of nitrogens with two attached hydrogens (primary N) is 2. The van der Waals surface area contributed by atoms with Crippen LogP contribution in [0.15, 0.2) is 61.2 Å². The van der Waals surface area contributed by atoms with E-state index >= 15 is 0 Å². The highest BCUT2D eigenvalue weighted by Crippen LogP contribution is 2.15. The largest absolute Gasteiger partial charge is 0.508 e. The number of rotatable bonds is 2. The van der Waals surface area contributed by atoms with Gasteiger partial charge in [-0.3, -0.25) is 0 Å². The van der Waals surface area contributed by atoms with Crippen LogP contribution in [0, 0.1) is 0 Å². The van der Waals surface area contributed by atoms with Gasteiger partial charge in [-0.25, -0.2) is 0 Å². The molecule has 5 N–H and O–H groups in total. The van der Waals surface area contributed by atoms with Gasteiger partial charge in [0.1, 0.15) is 5.75 Å². The predicted octanol–water partition coefficient (Wildman–Crippen LogP) is 2.97. The van der Waals surface area contributed by atoms with E-state index in [1.165, 1.54) is 0 Å². The number of hydrogen-bond acceptors (Lipinski definition) is 3. The first-order valence-corrected chi connectivity index (χ1v) is 5.62. The minimum absolute atomic E-state index is 0.349. The van der Waals surface area contributed by atoms with Gasteiger partial charge < -0.3 is 16.6 Å². The number of benzene rings is 2. The lowest BCUT2D eigenvalue weighted by atomic mass is 10.1. The van der Waals surface area contributed by atoms with Gasteiger partial charge in [-0.1, -0.05) is 24.3 Å². The predicted molar refractivity (Wildman–Crippen MR) is 77.3 cm³/mol. The molecule has 0 bridgehead atoms. The highest BCUT2D eigenvalue weighted by atomic mass is 16.3. The molecule has 0 fully saturated rings. The van der Waals surface area contributed by atoms with Gasteiger partial charge in [0.05, 0.1) is 0 Å². The maximum absolute atomic E-state index is 9.19. The summed E-state index contributed by atoms with van der Waals surface area (Å²) in [5, 5.41) is 9.19. The maximum Gasteiger partial charge on any atom is 0.119 e. The Balaban J connectivity index is 0.000000184. The smallest absolute Gasteiger partial charge is 0.119 e. The number of allylic oxidation sites excluding steroid dienone is 1. The van der Waals surface area contributed by atoms with E-state index in [4.69, 9.17) is 11.5 Å². The molecule has 2 aromatic carbocycles. The summed E-state index contributed by atoms with van der Waals surface area (Å²) in [5.41, 5.74) is 13.2. The lowest BCUT2D eigenvalue weighted by Gasteiger charge is -1.97. The first-order chi connectivity index (χ1) is 8.63. The fourth-order valence-electron chi connectivity index (χ4n) is 1.33. The van der Waals surface area contributed by atoms with E-state index < -0.39 is 0 Å². The molecular weight excluding hydrogens is 224 g/mol. The van der Waals surface area contributed by atoms with Gasteiger partial charge in [0, 0.05) is 11.4 Å². The third-order valence-corrected chi connectivity index (χ3v) is 2.29. The zero-order chi connectivity index (χ0) is 13.4. The number of nitrogen functional groups attached to an aromatic ring is 2. The molecule has 0 aromatic heterocycles. The number of aromatic hydroxyl groups is 1. The van der Waals surface area contributed by atoms with E-state index in [1.807, 2.05) is 18.2 Å². The van der Waals surface area contributed by atoms with Crippen LogP contribution in [0.2, 0.25) is 0 Å². The summed E-state index contributed by atoms with van der Waals surface area (Å²) in [4.78, 5) is 0. The molecule has 0 heterocycles. The number of phenols is 1. The molecule has 0 atom stereocenters. The van der Waals surface area contributed by atoms with Crippen molar-refractivity contribution in [3.05, 3.63) is 66.7 Å². The molecule has 0 aliphatic heterocycles. The van der Waals surface area contributed by atoms with Crippen LogP contribution in [0.5, 0.6) is 5.75 Å². The van der Waals surface area contributed by atoms with Crippen LogP contribution in [-0.4, -0.2) is 5.11 Å². The van der Waals surface area contributed by atoms with Gasteiger partial charge >= 0.3 is 0 Å². The van der Waals surface area contributed by atoms with E-state index in [0.717, 1.165) is 23.4 Å². The molecule has 0 unspecified atom stereocenters. The molecule has 3 nitrogen and oxygen atoms in total. The first kappa shape index (κ1) is 13.6. The number of hydrogen-bond donors (Lipinski definition) is 3. The minimum Gasteiger partial charge on any atom is -0.508 e. The van der Waals surface area contributed by atoms with Crippen molar-refractivity contribution >= 4 is 11.4 Å². The molecule has 0 saturated heterocycles. The van der Waals surface area contributed by atoms with Crippen LogP contribution in [0.4, 0.5) is 11.4 Å². The third-order valence-electron chi connectivity index (χ3n) is 2.29. The zero-order valence-corrected chi connectivity index (χ0v) is 10.2. The average molecular weight is 242 g/mol. The summed E-state index contributed by atoms with van der Waals surface area (Å²) in [7, 11) is 0. The standard InChI is InChI=1S/C9H10O.C6H8N2/c1-2-5-8-6-3-4-7-9(8)10;7-5-1-2-6(8)4-3-5/h2-4,6-7,10H,1,5H2;1-4H,7-8H2. The topological polar surface area (TPSA) is 72.3 Å². The Labute approximate surface area is 107 Å². The second-order valence-corrected chi connectivity index (χ2v) is 3.79. The van der Waals surface area contributed by atoms with Crippen molar-refractivity contribution in [2.45, 2.75) is 6.42 Å².